The van der Waals surface area contributed by atoms with Crippen molar-refractivity contribution in [2.75, 3.05) is 24.5 Å². The molecule has 0 aromatic heterocycles. The maximum absolute atomic E-state index is 13.3. The van der Waals surface area contributed by atoms with Crippen LogP contribution in [-0.4, -0.2) is 47.4 Å². The molecule has 1 atom stereocenters. The average molecular weight is 437 g/mol. The lowest BCUT2D eigenvalue weighted by Crippen LogP contribution is -2.35. The summed E-state index contributed by atoms with van der Waals surface area (Å²) in [5.41, 5.74) is 1.27. The van der Waals surface area contributed by atoms with Crippen molar-refractivity contribution in [3.05, 3.63) is 48.0 Å². The summed E-state index contributed by atoms with van der Waals surface area (Å²) >= 11 is 0. The molecule has 2 heterocycles. The summed E-state index contributed by atoms with van der Waals surface area (Å²) in [6.45, 7) is 2.90. The highest BCUT2D eigenvalue weighted by atomic mass is 32.2. The van der Waals surface area contributed by atoms with Crippen LogP contribution in [0.4, 0.5) is 5.69 Å². The van der Waals surface area contributed by atoms with Crippen LogP contribution in [-0.2, 0) is 26.5 Å². The zero-order chi connectivity index (χ0) is 20.8. The average Bonchev–Trinajstić information content (AvgIpc) is 3.35. The Bertz CT molecular complexity index is 1120. The van der Waals surface area contributed by atoms with Crippen molar-refractivity contribution < 1.29 is 21.6 Å². The fourth-order valence-corrected chi connectivity index (χ4v) is 7.31. The van der Waals surface area contributed by atoms with E-state index in [-0.39, 0.29) is 15.8 Å². The van der Waals surface area contributed by atoms with Gasteiger partial charge in [0.2, 0.25) is 10.0 Å². The molecule has 0 bridgehead atoms. The van der Waals surface area contributed by atoms with Gasteiger partial charge in [0, 0.05) is 19.1 Å². The van der Waals surface area contributed by atoms with Gasteiger partial charge in [-0.05, 0) is 74.2 Å². The van der Waals surface area contributed by atoms with E-state index in [4.69, 9.17) is 4.74 Å². The van der Waals surface area contributed by atoms with Crippen LogP contribution in [0.2, 0.25) is 0 Å². The van der Waals surface area contributed by atoms with Crippen LogP contribution < -0.4 is 9.04 Å². The number of methoxy groups -OCH3 is 1. The van der Waals surface area contributed by atoms with Crippen LogP contribution in [0.5, 0.6) is 5.75 Å². The Morgan fingerprint density at radius 3 is 2.14 bits per heavy atom. The second-order valence-corrected chi connectivity index (χ2v) is 11.2. The first kappa shape index (κ1) is 20.2. The molecule has 2 aromatic rings. The first-order valence-corrected chi connectivity index (χ1v) is 12.4. The van der Waals surface area contributed by atoms with E-state index in [9.17, 15) is 16.8 Å². The monoisotopic (exact) mass is 436 g/mol. The molecule has 0 unspecified atom stereocenters. The molecular formula is C20H24N2O5S2. The summed E-state index contributed by atoms with van der Waals surface area (Å²) in [4.78, 5) is 0.404. The zero-order valence-corrected chi connectivity index (χ0v) is 18.0. The number of benzene rings is 2. The number of fused-ring (bicyclic) bond motifs is 1. The standard InChI is InChI=1S/C20H24N2O5S2/c1-15-13-16-14-19(28(23,24)21-11-3-4-12-21)9-10-20(16)22(15)29(25,26)18-7-5-17(27-2)6-8-18/h5-10,14-15H,3-4,11-13H2,1-2H3/t15-/m1/s1. The smallest absolute Gasteiger partial charge is 0.264 e. The highest BCUT2D eigenvalue weighted by molar-refractivity contribution is 7.93. The number of rotatable bonds is 5. The van der Waals surface area contributed by atoms with E-state index in [1.165, 1.54) is 33.9 Å². The fourth-order valence-electron chi connectivity index (χ4n) is 4.04. The molecule has 0 saturated carbocycles. The maximum atomic E-state index is 13.3. The quantitative estimate of drug-likeness (QED) is 0.719. The highest BCUT2D eigenvalue weighted by Gasteiger charge is 2.37. The Morgan fingerprint density at radius 2 is 1.52 bits per heavy atom. The SMILES string of the molecule is COc1ccc(S(=O)(=O)N2c3ccc(S(=O)(=O)N4CCCC4)cc3C[C@H]2C)cc1. The lowest BCUT2D eigenvalue weighted by atomic mass is 10.1. The van der Waals surface area contributed by atoms with Crippen molar-refractivity contribution in [3.63, 3.8) is 0 Å². The third kappa shape index (κ3) is 3.41. The van der Waals surface area contributed by atoms with Crippen LogP contribution in [0.1, 0.15) is 25.3 Å². The van der Waals surface area contributed by atoms with Gasteiger partial charge in [0.25, 0.3) is 10.0 Å². The van der Waals surface area contributed by atoms with Crippen LogP contribution >= 0.6 is 0 Å². The van der Waals surface area contributed by atoms with Crippen molar-refractivity contribution >= 4 is 25.7 Å². The molecule has 156 valence electrons. The van der Waals surface area contributed by atoms with Gasteiger partial charge in [-0.3, -0.25) is 4.31 Å². The van der Waals surface area contributed by atoms with Gasteiger partial charge >= 0.3 is 0 Å². The summed E-state index contributed by atoms with van der Waals surface area (Å²) in [7, 11) is -5.79. The van der Waals surface area contributed by atoms with Gasteiger partial charge in [-0.1, -0.05) is 0 Å². The lowest BCUT2D eigenvalue weighted by Gasteiger charge is -2.24. The normalized spacial score (nSPS) is 20.1. The second-order valence-electron chi connectivity index (χ2n) is 7.43. The summed E-state index contributed by atoms with van der Waals surface area (Å²) < 4.78 is 60.2. The van der Waals surface area contributed by atoms with E-state index in [1.807, 2.05) is 6.92 Å². The van der Waals surface area contributed by atoms with Gasteiger partial charge in [-0.15, -0.1) is 0 Å². The molecule has 9 heteroatoms. The van der Waals surface area contributed by atoms with Gasteiger partial charge in [0.1, 0.15) is 5.75 Å². The number of hydrogen-bond acceptors (Lipinski definition) is 5. The summed E-state index contributed by atoms with van der Waals surface area (Å²) in [5, 5.41) is 0. The van der Waals surface area contributed by atoms with E-state index in [0.29, 0.717) is 30.9 Å². The predicted molar refractivity (Wildman–Crippen MR) is 110 cm³/mol. The first-order valence-electron chi connectivity index (χ1n) is 9.57. The Hall–Kier alpha value is -2.10. The highest BCUT2D eigenvalue weighted by Crippen LogP contribution is 2.38. The molecule has 0 radical (unpaired) electrons. The molecule has 2 aliphatic heterocycles. The van der Waals surface area contributed by atoms with Gasteiger partial charge in [-0.2, -0.15) is 4.31 Å². The van der Waals surface area contributed by atoms with Gasteiger partial charge in [0.15, 0.2) is 0 Å². The zero-order valence-electron chi connectivity index (χ0n) is 16.4. The number of hydrogen-bond donors (Lipinski definition) is 0. The molecular weight excluding hydrogens is 412 g/mol. The van der Waals surface area contributed by atoms with Crippen LogP contribution in [0, 0.1) is 0 Å². The molecule has 2 aliphatic rings. The molecule has 0 aliphatic carbocycles. The second kappa shape index (κ2) is 7.30. The van der Waals surface area contributed by atoms with Crippen LogP contribution in [0.3, 0.4) is 0 Å². The number of ether oxygens (including phenoxy) is 1. The van der Waals surface area contributed by atoms with E-state index < -0.39 is 20.0 Å². The number of sulfonamides is 2. The minimum atomic E-state index is -3.77. The minimum Gasteiger partial charge on any atom is -0.497 e. The minimum absolute atomic E-state index is 0.173. The molecule has 2 aromatic carbocycles. The topological polar surface area (TPSA) is 84.0 Å². The van der Waals surface area contributed by atoms with Gasteiger partial charge < -0.3 is 4.74 Å². The Morgan fingerprint density at radius 1 is 0.897 bits per heavy atom. The summed E-state index contributed by atoms with van der Waals surface area (Å²) in [5.74, 6) is 0.579. The van der Waals surface area contributed by atoms with Crippen molar-refractivity contribution in [2.24, 2.45) is 0 Å². The molecule has 1 fully saturated rings. The first-order chi connectivity index (χ1) is 13.7. The molecule has 0 spiro atoms. The van der Waals surface area contributed by atoms with Crippen molar-refractivity contribution in [2.45, 2.75) is 42.0 Å². The van der Waals surface area contributed by atoms with Crippen LogP contribution in [0.25, 0.3) is 0 Å². The lowest BCUT2D eigenvalue weighted by molar-refractivity contribution is 0.414. The van der Waals surface area contributed by atoms with E-state index in [2.05, 4.69) is 0 Å². The Labute approximate surface area is 172 Å². The number of anilines is 1. The molecule has 7 nitrogen and oxygen atoms in total. The van der Waals surface area contributed by atoms with Gasteiger partial charge in [0.05, 0.1) is 22.6 Å². The maximum Gasteiger partial charge on any atom is 0.264 e. The van der Waals surface area contributed by atoms with Crippen molar-refractivity contribution in [3.8, 4) is 5.75 Å². The van der Waals surface area contributed by atoms with Crippen molar-refractivity contribution in [1.29, 1.82) is 0 Å². The third-order valence-electron chi connectivity index (χ3n) is 5.52. The predicted octanol–water partition coefficient (Wildman–Crippen LogP) is 2.62. The molecule has 0 N–H and O–H groups in total. The molecule has 0 amide bonds. The van der Waals surface area contributed by atoms with Gasteiger partial charge in [-0.25, -0.2) is 16.8 Å². The summed E-state index contributed by atoms with van der Waals surface area (Å²) in [6, 6.07) is 10.7. The molecule has 1 saturated heterocycles. The Kier molecular flexibility index (Phi) is 5.08. The number of nitrogens with zero attached hydrogens (tertiary/aromatic N) is 2. The largest absolute Gasteiger partial charge is 0.497 e. The van der Waals surface area contributed by atoms with Crippen LogP contribution in [0.15, 0.2) is 52.3 Å². The molecule has 29 heavy (non-hydrogen) atoms. The van der Waals surface area contributed by atoms with E-state index >= 15 is 0 Å². The van der Waals surface area contributed by atoms with E-state index in [1.54, 1.807) is 24.3 Å². The third-order valence-corrected chi connectivity index (χ3v) is 9.36. The molecule has 4 rings (SSSR count). The van der Waals surface area contributed by atoms with E-state index in [0.717, 1.165) is 18.4 Å². The van der Waals surface area contributed by atoms with Crippen molar-refractivity contribution in [1.82, 2.24) is 4.31 Å². The Balaban J connectivity index is 1.70. The summed E-state index contributed by atoms with van der Waals surface area (Å²) in [6.07, 6.45) is 2.21. The fraction of sp³-hybridized carbons (Fsp3) is 0.400.